The molecule has 4 rings (SSSR count). The van der Waals surface area contributed by atoms with Crippen molar-refractivity contribution in [1.29, 1.82) is 0 Å². The summed E-state index contributed by atoms with van der Waals surface area (Å²) in [7, 11) is 0. The first-order valence-corrected chi connectivity index (χ1v) is 9.40. The lowest BCUT2D eigenvalue weighted by atomic mass is 9.84. The Bertz CT molecular complexity index is 793. The Morgan fingerprint density at radius 1 is 0.692 bits per heavy atom. The highest BCUT2D eigenvalue weighted by molar-refractivity contribution is 5.29. The van der Waals surface area contributed by atoms with Crippen LogP contribution in [0.15, 0.2) is 91.0 Å². The van der Waals surface area contributed by atoms with Crippen molar-refractivity contribution in [2.24, 2.45) is 0 Å². The molecule has 2 nitrogen and oxygen atoms in total. The smallest absolute Gasteiger partial charge is 0.136 e. The van der Waals surface area contributed by atoms with Crippen molar-refractivity contribution in [3.63, 3.8) is 0 Å². The van der Waals surface area contributed by atoms with Gasteiger partial charge in [0.05, 0.1) is 0 Å². The van der Waals surface area contributed by atoms with E-state index in [1.807, 2.05) is 18.2 Å². The molecule has 0 N–H and O–H groups in total. The summed E-state index contributed by atoms with van der Waals surface area (Å²) in [5.41, 5.74) is 2.42. The van der Waals surface area contributed by atoms with E-state index in [1.54, 1.807) is 0 Å². The van der Waals surface area contributed by atoms with Gasteiger partial charge in [0, 0.05) is 32.5 Å². The molecule has 0 unspecified atom stereocenters. The maximum atomic E-state index is 6.60. The number of piperidine rings is 1. The second-order valence-electron chi connectivity index (χ2n) is 7.04. The van der Waals surface area contributed by atoms with E-state index in [0.29, 0.717) is 0 Å². The molecule has 0 radical (unpaired) electrons. The Morgan fingerprint density at radius 3 is 1.85 bits per heavy atom. The van der Waals surface area contributed by atoms with Crippen LogP contribution in [-0.2, 0) is 12.1 Å². The molecule has 1 aliphatic heterocycles. The van der Waals surface area contributed by atoms with Gasteiger partial charge in [-0.1, -0.05) is 78.9 Å². The van der Waals surface area contributed by atoms with Gasteiger partial charge in [0.15, 0.2) is 0 Å². The largest absolute Gasteiger partial charge is 0.482 e. The topological polar surface area (TPSA) is 12.5 Å². The predicted octanol–water partition coefficient (Wildman–Crippen LogP) is 5.26. The Labute approximate surface area is 156 Å². The van der Waals surface area contributed by atoms with Gasteiger partial charge >= 0.3 is 0 Å². The molecule has 0 saturated carbocycles. The fraction of sp³-hybridized carbons (Fsp3) is 0.250. The summed E-state index contributed by atoms with van der Waals surface area (Å²) < 4.78 is 6.60. The summed E-state index contributed by atoms with van der Waals surface area (Å²) in [6.07, 6.45) is 2.00. The first kappa shape index (κ1) is 16.9. The summed E-state index contributed by atoms with van der Waals surface area (Å²) in [5.74, 6) is 0.952. The molecule has 1 fully saturated rings. The van der Waals surface area contributed by atoms with Gasteiger partial charge in [-0.3, -0.25) is 4.90 Å². The third-order valence-corrected chi connectivity index (χ3v) is 5.27. The second-order valence-corrected chi connectivity index (χ2v) is 7.04. The lowest BCUT2D eigenvalue weighted by molar-refractivity contribution is -0.00495. The Kier molecular flexibility index (Phi) is 5.03. The highest BCUT2D eigenvalue weighted by Gasteiger charge is 2.38. The van der Waals surface area contributed by atoms with Crippen molar-refractivity contribution < 1.29 is 4.74 Å². The molecule has 132 valence electrons. The second kappa shape index (κ2) is 7.76. The molecule has 0 spiro atoms. The van der Waals surface area contributed by atoms with E-state index in [9.17, 15) is 0 Å². The number of benzene rings is 3. The van der Waals surface area contributed by atoms with Crippen molar-refractivity contribution in [3.05, 3.63) is 102 Å². The maximum absolute atomic E-state index is 6.60. The zero-order chi connectivity index (χ0) is 17.7. The van der Waals surface area contributed by atoms with Gasteiger partial charge in [-0.15, -0.1) is 0 Å². The van der Waals surface area contributed by atoms with E-state index < -0.39 is 0 Å². The zero-order valence-corrected chi connectivity index (χ0v) is 15.1. The molecule has 0 aromatic heterocycles. The van der Waals surface area contributed by atoms with Gasteiger partial charge in [0.25, 0.3) is 0 Å². The molecule has 3 aromatic carbocycles. The van der Waals surface area contributed by atoms with Gasteiger partial charge < -0.3 is 4.74 Å². The van der Waals surface area contributed by atoms with Gasteiger partial charge in [-0.05, 0) is 23.3 Å². The van der Waals surface area contributed by atoms with Crippen LogP contribution in [0.2, 0.25) is 0 Å². The van der Waals surface area contributed by atoms with Crippen LogP contribution < -0.4 is 4.74 Å². The van der Waals surface area contributed by atoms with E-state index in [4.69, 9.17) is 4.74 Å². The fourth-order valence-corrected chi connectivity index (χ4v) is 3.82. The molecule has 3 aromatic rings. The molecule has 1 heterocycles. The van der Waals surface area contributed by atoms with Crippen molar-refractivity contribution >= 4 is 0 Å². The number of nitrogens with zero attached hydrogens (tertiary/aromatic N) is 1. The van der Waals surface area contributed by atoms with Crippen LogP contribution in [-0.4, -0.2) is 18.0 Å². The fourth-order valence-electron chi connectivity index (χ4n) is 3.82. The van der Waals surface area contributed by atoms with E-state index >= 15 is 0 Å². The summed E-state index contributed by atoms with van der Waals surface area (Å²) >= 11 is 0. The third kappa shape index (κ3) is 3.81. The molecule has 1 saturated heterocycles. The molecule has 0 atom stereocenters. The van der Waals surface area contributed by atoms with Crippen molar-refractivity contribution in [2.75, 3.05) is 13.1 Å². The quantitative estimate of drug-likeness (QED) is 0.627. The lowest BCUT2D eigenvalue weighted by Gasteiger charge is -2.42. The minimum absolute atomic E-state index is 0.240. The minimum Gasteiger partial charge on any atom is -0.482 e. The molecule has 0 bridgehead atoms. The molecule has 0 aliphatic carbocycles. The van der Waals surface area contributed by atoms with Crippen LogP contribution in [0.3, 0.4) is 0 Å². The number of hydrogen-bond acceptors (Lipinski definition) is 2. The monoisotopic (exact) mass is 343 g/mol. The molecular weight excluding hydrogens is 318 g/mol. The Balaban J connectivity index is 1.52. The normalized spacial score (nSPS) is 16.9. The standard InChI is InChI=1S/C24H25NO/c1-4-10-21(11-5-1)20-25-18-16-24(17-19-25,22-12-6-2-7-13-22)26-23-14-8-3-9-15-23/h1-15H,16-20H2. The zero-order valence-electron chi connectivity index (χ0n) is 15.1. The third-order valence-electron chi connectivity index (χ3n) is 5.27. The van der Waals surface area contributed by atoms with Crippen molar-refractivity contribution in [2.45, 2.75) is 25.0 Å². The number of likely N-dealkylation sites (tertiary alicyclic amines) is 1. The summed E-state index contributed by atoms with van der Waals surface area (Å²) in [6, 6.07) is 31.7. The van der Waals surface area contributed by atoms with Crippen LogP contribution in [0.5, 0.6) is 5.75 Å². The average molecular weight is 343 g/mol. The molecule has 26 heavy (non-hydrogen) atoms. The number of hydrogen-bond donors (Lipinski definition) is 0. The molecular formula is C24H25NO. The van der Waals surface area contributed by atoms with E-state index in [0.717, 1.165) is 38.2 Å². The SMILES string of the molecule is c1ccc(CN2CCC(Oc3ccccc3)(c3ccccc3)CC2)cc1. The van der Waals surface area contributed by atoms with Crippen LogP contribution in [0.1, 0.15) is 24.0 Å². The maximum Gasteiger partial charge on any atom is 0.136 e. The average Bonchev–Trinajstić information content (AvgIpc) is 2.72. The molecule has 2 heteroatoms. The van der Waals surface area contributed by atoms with Crippen LogP contribution in [0, 0.1) is 0 Å². The Morgan fingerprint density at radius 2 is 1.23 bits per heavy atom. The van der Waals surface area contributed by atoms with Crippen molar-refractivity contribution in [3.8, 4) is 5.75 Å². The summed E-state index contributed by atoms with van der Waals surface area (Å²) in [5, 5.41) is 0. The Hall–Kier alpha value is -2.58. The van der Waals surface area contributed by atoms with Gasteiger partial charge in [-0.2, -0.15) is 0 Å². The predicted molar refractivity (Wildman–Crippen MR) is 106 cm³/mol. The van der Waals surface area contributed by atoms with Gasteiger partial charge in [0.2, 0.25) is 0 Å². The first-order valence-electron chi connectivity index (χ1n) is 9.40. The number of para-hydroxylation sites is 1. The first-order chi connectivity index (χ1) is 12.8. The summed E-state index contributed by atoms with van der Waals surface area (Å²) in [4.78, 5) is 2.53. The van der Waals surface area contributed by atoms with Crippen LogP contribution >= 0.6 is 0 Å². The highest BCUT2D eigenvalue weighted by Crippen LogP contribution is 2.38. The summed E-state index contributed by atoms with van der Waals surface area (Å²) in [6.45, 7) is 3.09. The van der Waals surface area contributed by atoms with Crippen molar-refractivity contribution in [1.82, 2.24) is 4.90 Å². The van der Waals surface area contributed by atoms with Gasteiger partial charge in [0.1, 0.15) is 11.4 Å². The number of ether oxygens (including phenoxy) is 1. The van der Waals surface area contributed by atoms with Crippen LogP contribution in [0.4, 0.5) is 0 Å². The minimum atomic E-state index is -0.240. The molecule has 1 aliphatic rings. The molecule has 0 amide bonds. The van der Waals surface area contributed by atoms with E-state index in [-0.39, 0.29) is 5.60 Å². The highest BCUT2D eigenvalue weighted by atomic mass is 16.5. The van der Waals surface area contributed by atoms with Crippen LogP contribution in [0.25, 0.3) is 0 Å². The lowest BCUT2D eigenvalue weighted by Crippen LogP contribution is -2.45. The van der Waals surface area contributed by atoms with Gasteiger partial charge in [-0.25, -0.2) is 0 Å². The van der Waals surface area contributed by atoms with E-state index in [1.165, 1.54) is 11.1 Å². The number of rotatable bonds is 5. The van der Waals surface area contributed by atoms with E-state index in [2.05, 4.69) is 77.7 Å².